The van der Waals surface area contributed by atoms with E-state index in [2.05, 4.69) is 52.7 Å². The fraction of sp³-hybridized carbons (Fsp3) is 0.542. The number of anilines is 2. The molecule has 0 saturated carbocycles. The predicted octanol–water partition coefficient (Wildman–Crippen LogP) is 3.48. The second kappa shape index (κ2) is 9.54. The Hall–Kier alpha value is -3.27. The van der Waals surface area contributed by atoms with E-state index in [9.17, 15) is 15.3 Å². The van der Waals surface area contributed by atoms with E-state index in [0.717, 1.165) is 36.7 Å². The summed E-state index contributed by atoms with van der Waals surface area (Å²) in [4.78, 5) is 7.14. The number of aromatic nitrogens is 4. The molecule has 1 atom stereocenters. The van der Waals surface area contributed by atoms with Gasteiger partial charge in [-0.15, -0.1) is 5.10 Å². The molecule has 34 heavy (non-hydrogen) atoms. The van der Waals surface area contributed by atoms with Gasteiger partial charge >= 0.3 is 0 Å². The first-order valence-corrected chi connectivity index (χ1v) is 11.8. The maximum absolute atomic E-state index is 10.4. The van der Waals surface area contributed by atoms with Gasteiger partial charge in [-0.25, -0.2) is 0 Å². The number of phenols is 2. The second-order valence-electron chi connectivity index (χ2n) is 9.34. The quantitative estimate of drug-likeness (QED) is 0.366. The van der Waals surface area contributed by atoms with Crippen molar-refractivity contribution in [1.29, 1.82) is 0 Å². The Balaban J connectivity index is 1.82. The van der Waals surface area contributed by atoms with Crippen molar-refractivity contribution in [2.75, 3.05) is 30.5 Å². The first kappa shape index (κ1) is 23.9. The highest BCUT2D eigenvalue weighted by atomic mass is 16.5. The molecule has 1 saturated heterocycles. The number of fused-ring (bicyclic) bond motifs is 1. The summed E-state index contributed by atoms with van der Waals surface area (Å²) in [5.74, 6) is 1.62. The summed E-state index contributed by atoms with van der Waals surface area (Å²) in [6.45, 7) is 9.48. The molecule has 0 radical (unpaired) electrons. The molecule has 1 fully saturated rings. The zero-order valence-electron chi connectivity index (χ0n) is 20.4. The van der Waals surface area contributed by atoms with Crippen LogP contribution in [0.1, 0.15) is 63.8 Å². The molecule has 0 spiro atoms. The number of hydrogen-bond donors (Lipinski definition) is 4. The average molecular weight is 471 g/mol. The highest BCUT2D eigenvalue weighted by Gasteiger charge is 2.33. The lowest BCUT2D eigenvalue weighted by Gasteiger charge is -2.31. The van der Waals surface area contributed by atoms with Crippen molar-refractivity contribution < 1.29 is 20.1 Å². The Kier molecular flexibility index (Phi) is 6.70. The lowest BCUT2D eigenvalue weighted by Crippen LogP contribution is -2.36. The van der Waals surface area contributed by atoms with E-state index in [0.29, 0.717) is 17.1 Å². The SMILES string of the molecule is COc1cc(O)c(CNc2nc(N3CCCC3CO)n(C(C)C)c3c(C(C)C)nnc2-3)cc1O. The van der Waals surface area contributed by atoms with Crippen LogP contribution in [0.2, 0.25) is 0 Å². The Bertz CT molecular complexity index is 1130. The first-order valence-electron chi connectivity index (χ1n) is 11.8. The largest absolute Gasteiger partial charge is 0.507 e. The highest BCUT2D eigenvalue weighted by molar-refractivity contribution is 5.75. The van der Waals surface area contributed by atoms with Crippen molar-refractivity contribution in [3.05, 3.63) is 23.4 Å². The normalized spacial score (nSPS) is 16.2. The lowest BCUT2D eigenvalue weighted by atomic mass is 10.1. The van der Waals surface area contributed by atoms with E-state index in [1.807, 2.05) is 0 Å². The minimum atomic E-state index is -0.0559. The third kappa shape index (κ3) is 4.18. The maximum Gasteiger partial charge on any atom is 0.208 e. The number of aliphatic hydroxyl groups is 1. The van der Waals surface area contributed by atoms with Crippen LogP contribution in [-0.4, -0.2) is 61.4 Å². The van der Waals surface area contributed by atoms with Crippen LogP contribution < -0.4 is 15.0 Å². The second-order valence-corrected chi connectivity index (χ2v) is 9.34. The van der Waals surface area contributed by atoms with Crippen LogP contribution in [0.3, 0.4) is 0 Å². The van der Waals surface area contributed by atoms with Crippen LogP contribution in [0.25, 0.3) is 11.4 Å². The number of phenolic OH excluding ortho intramolecular Hbond substituents is 2. The number of ether oxygens (including phenoxy) is 1. The smallest absolute Gasteiger partial charge is 0.208 e. The molecule has 184 valence electrons. The molecule has 10 heteroatoms. The fourth-order valence-electron chi connectivity index (χ4n) is 4.60. The lowest BCUT2D eigenvalue weighted by molar-refractivity contribution is 0.264. The number of aliphatic hydroxyl groups excluding tert-OH is 1. The van der Waals surface area contributed by atoms with Crippen LogP contribution >= 0.6 is 0 Å². The number of nitrogens with one attached hydrogen (secondary N) is 1. The van der Waals surface area contributed by atoms with E-state index < -0.39 is 0 Å². The fourth-order valence-corrected chi connectivity index (χ4v) is 4.60. The van der Waals surface area contributed by atoms with Gasteiger partial charge < -0.3 is 34.8 Å². The summed E-state index contributed by atoms with van der Waals surface area (Å²) < 4.78 is 7.23. The topological polar surface area (TPSA) is 129 Å². The van der Waals surface area contributed by atoms with E-state index >= 15 is 0 Å². The number of methoxy groups -OCH3 is 1. The van der Waals surface area contributed by atoms with E-state index in [1.54, 1.807) is 0 Å². The minimum Gasteiger partial charge on any atom is -0.507 e. The van der Waals surface area contributed by atoms with Crippen molar-refractivity contribution in [3.63, 3.8) is 0 Å². The zero-order chi connectivity index (χ0) is 24.6. The molecule has 10 nitrogen and oxygen atoms in total. The van der Waals surface area contributed by atoms with E-state index in [-0.39, 0.29) is 48.4 Å². The molecule has 0 aromatic heterocycles. The Morgan fingerprint density at radius 1 is 1.15 bits per heavy atom. The summed E-state index contributed by atoms with van der Waals surface area (Å²) in [5.41, 5.74) is 2.95. The summed E-state index contributed by atoms with van der Waals surface area (Å²) >= 11 is 0. The third-order valence-electron chi connectivity index (χ3n) is 6.35. The average Bonchev–Trinajstić information content (AvgIpc) is 3.45. The van der Waals surface area contributed by atoms with Crippen LogP contribution in [0.5, 0.6) is 17.2 Å². The molecular weight excluding hydrogens is 436 g/mol. The molecule has 0 aliphatic carbocycles. The van der Waals surface area contributed by atoms with Gasteiger partial charge in [0.15, 0.2) is 23.0 Å². The number of hydrogen-bond acceptors (Lipinski definition) is 9. The summed E-state index contributed by atoms with van der Waals surface area (Å²) in [6.07, 6.45) is 1.89. The molecule has 1 aromatic rings. The van der Waals surface area contributed by atoms with Crippen molar-refractivity contribution in [2.24, 2.45) is 0 Å². The van der Waals surface area contributed by atoms with Crippen LogP contribution in [0.4, 0.5) is 11.8 Å². The van der Waals surface area contributed by atoms with Gasteiger partial charge in [-0.3, -0.25) is 0 Å². The Labute approximate surface area is 199 Å². The van der Waals surface area contributed by atoms with E-state index in [4.69, 9.17) is 9.72 Å². The molecule has 1 unspecified atom stereocenters. The minimum absolute atomic E-state index is 0.00291. The van der Waals surface area contributed by atoms with Crippen molar-refractivity contribution >= 4 is 11.8 Å². The van der Waals surface area contributed by atoms with Gasteiger partial charge in [-0.05, 0) is 38.7 Å². The number of nitrogens with zero attached hydrogens (tertiary/aromatic N) is 5. The predicted molar refractivity (Wildman–Crippen MR) is 130 cm³/mol. The zero-order valence-corrected chi connectivity index (χ0v) is 20.4. The number of aromatic hydroxyl groups is 2. The molecule has 4 rings (SSSR count). The molecule has 3 aliphatic heterocycles. The summed E-state index contributed by atoms with van der Waals surface area (Å²) in [6, 6.07) is 2.96. The Morgan fingerprint density at radius 2 is 1.91 bits per heavy atom. The first-order chi connectivity index (χ1) is 16.3. The van der Waals surface area contributed by atoms with Gasteiger partial charge in [0.05, 0.1) is 31.1 Å². The molecule has 4 N–H and O–H groups in total. The summed E-state index contributed by atoms with van der Waals surface area (Å²) in [5, 5.41) is 42.8. The van der Waals surface area contributed by atoms with Gasteiger partial charge in [-0.2, -0.15) is 10.1 Å². The van der Waals surface area contributed by atoms with Crippen LogP contribution in [0, 0.1) is 0 Å². The summed E-state index contributed by atoms with van der Waals surface area (Å²) in [7, 11) is 1.43. The van der Waals surface area contributed by atoms with E-state index in [1.165, 1.54) is 19.2 Å². The van der Waals surface area contributed by atoms with Gasteiger partial charge in [-0.1, -0.05) is 13.8 Å². The molecule has 0 bridgehead atoms. The van der Waals surface area contributed by atoms with Crippen molar-refractivity contribution in [3.8, 4) is 28.6 Å². The van der Waals surface area contributed by atoms with Crippen LogP contribution in [0.15, 0.2) is 12.1 Å². The van der Waals surface area contributed by atoms with Gasteiger partial charge in [0.2, 0.25) is 5.95 Å². The van der Waals surface area contributed by atoms with Crippen LogP contribution in [-0.2, 0) is 6.54 Å². The number of benzene rings is 1. The molecule has 1 aromatic carbocycles. The molecule has 3 aliphatic rings. The maximum atomic E-state index is 10.4. The Morgan fingerprint density at radius 3 is 2.56 bits per heavy atom. The molecule has 3 heterocycles. The highest BCUT2D eigenvalue weighted by Crippen LogP contribution is 2.40. The van der Waals surface area contributed by atoms with Crippen molar-refractivity contribution in [2.45, 2.75) is 65.1 Å². The molecule has 0 amide bonds. The standard InChI is InChI=1S/C24H34N6O4/c1-13(2)20-22-21(28-27-20)23(25-11-15-9-18(33)19(34-5)10-17(15)32)26-24(30(22)14(3)4)29-8-6-7-16(29)12-31/h9-10,13-14,16,25,31-33H,6-8,11-12H2,1-5H3. The van der Waals surface area contributed by atoms with Crippen molar-refractivity contribution in [1.82, 2.24) is 19.7 Å². The number of rotatable bonds is 8. The monoisotopic (exact) mass is 470 g/mol. The van der Waals surface area contributed by atoms with Gasteiger partial charge in [0.25, 0.3) is 0 Å². The third-order valence-corrected chi connectivity index (χ3v) is 6.35. The molecular formula is C24H34N6O4. The van der Waals surface area contributed by atoms with Gasteiger partial charge in [0.1, 0.15) is 5.75 Å². The van der Waals surface area contributed by atoms with Gasteiger partial charge in [0, 0.05) is 30.8 Å².